The average Bonchev–Trinajstić information content (AvgIpc) is 3.24. The predicted octanol–water partition coefficient (Wildman–Crippen LogP) is 5.16. The summed E-state index contributed by atoms with van der Waals surface area (Å²) in [6, 6.07) is 23.9. The average molecular weight is 506 g/mol. The maximum Gasteiger partial charge on any atom is 0.234 e. The highest BCUT2D eigenvalue weighted by atomic mass is 35.5. The molecule has 1 aromatic heterocycles. The Labute approximate surface area is 214 Å². The van der Waals surface area contributed by atoms with Crippen LogP contribution in [0.25, 0.3) is 16.7 Å². The number of fused-ring (bicyclic) bond motifs is 1. The molecule has 6 nitrogen and oxygen atoms in total. The molecule has 35 heavy (non-hydrogen) atoms. The minimum atomic E-state index is -0.118. The number of carbonyl (C=O) groups excluding carboxylic acids is 1. The Morgan fingerprint density at radius 1 is 0.971 bits per heavy atom. The van der Waals surface area contributed by atoms with E-state index >= 15 is 0 Å². The number of thioether (sulfide) groups is 1. The number of para-hydroxylation sites is 4. The van der Waals surface area contributed by atoms with Crippen molar-refractivity contribution in [3.05, 3.63) is 83.4 Å². The van der Waals surface area contributed by atoms with E-state index in [1.807, 2.05) is 30.3 Å². The number of aromatic nitrogens is 2. The second-order valence-electron chi connectivity index (χ2n) is 8.74. The maximum atomic E-state index is 12.7. The Bertz CT molecular complexity index is 1330. The molecule has 1 aliphatic heterocycles. The summed E-state index contributed by atoms with van der Waals surface area (Å²) in [6.45, 7) is 5.15. The zero-order valence-electron chi connectivity index (χ0n) is 19.7. The van der Waals surface area contributed by atoms with Gasteiger partial charge in [0.05, 0.1) is 33.2 Å². The number of carbonyl (C=O) groups is 1. The van der Waals surface area contributed by atoms with Crippen LogP contribution in [0.2, 0.25) is 5.02 Å². The van der Waals surface area contributed by atoms with Gasteiger partial charge in [-0.2, -0.15) is 0 Å². The number of hydrogen-bond acceptors (Lipinski definition) is 5. The normalized spacial score (nSPS) is 14.9. The second-order valence-corrected chi connectivity index (χ2v) is 10.1. The zero-order valence-corrected chi connectivity index (χ0v) is 21.2. The van der Waals surface area contributed by atoms with Crippen LogP contribution in [-0.4, -0.2) is 64.2 Å². The first-order chi connectivity index (χ1) is 17.1. The van der Waals surface area contributed by atoms with Crippen molar-refractivity contribution in [1.29, 1.82) is 0 Å². The molecule has 180 valence electrons. The monoisotopic (exact) mass is 505 g/mol. The minimum Gasteiger partial charge on any atom is -0.324 e. The molecular weight excluding hydrogens is 478 g/mol. The van der Waals surface area contributed by atoms with Crippen LogP contribution in [-0.2, 0) is 11.3 Å². The van der Waals surface area contributed by atoms with Crippen LogP contribution in [0.1, 0.15) is 5.56 Å². The highest BCUT2D eigenvalue weighted by Gasteiger charge is 2.19. The van der Waals surface area contributed by atoms with E-state index in [9.17, 15) is 4.79 Å². The molecular formula is C27H28ClN5OS. The van der Waals surface area contributed by atoms with Gasteiger partial charge in [-0.3, -0.25) is 14.3 Å². The summed E-state index contributed by atoms with van der Waals surface area (Å²) in [5.74, 6) is 0.113. The number of nitrogens with zero attached hydrogens (tertiary/aromatic N) is 4. The molecule has 0 atom stereocenters. The van der Waals surface area contributed by atoms with Crippen LogP contribution in [0.5, 0.6) is 0 Å². The maximum absolute atomic E-state index is 12.7. The van der Waals surface area contributed by atoms with Gasteiger partial charge in [-0.05, 0) is 42.9 Å². The van der Waals surface area contributed by atoms with Crippen molar-refractivity contribution >= 4 is 46.0 Å². The molecule has 1 saturated heterocycles. The number of amides is 1. The molecule has 1 amide bonds. The van der Waals surface area contributed by atoms with Crippen molar-refractivity contribution < 1.29 is 4.79 Å². The van der Waals surface area contributed by atoms with Gasteiger partial charge in [0, 0.05) is 32.7 Å². The number of halogens is 1. The smallest absolute Gasteiger partial charge is 0.234 e. The molecule has 1 fully saturated rings. The van der Waals surface area contributed by atoms with E-state index in [4.69, 9.17) is 16.6 Å². The number of imidazole rings is 1. The Balaban J connectivity index is 1.42. The van der Waals surface area contributed by atoms with E-state index in [1.165, 1.54) is 17.3 Å². The summed E-state index contributed by atoms with van der Waals surface area (Å²) < 4.78 is 2.19. The quantitative estimate of drug-likeness (QED) is 0.352. The van der Waals surface area contributed by atoms with Gasteiger partial charge < -0.3 is 10.2 Å². The third-order valence-corrected chi connectivity index (χ3v) is 7.50. The second kappa shape index (κ2) is 10.8. The minimum absolute atomic E-state index is 0.118. The molecule has 0 bridgehead atoms. The number of rotatable bonds is 7. The van der Waals surface area contributed by atoms with E-state index < -0.39 is 0 Å². The van der Waals surface area contributed by atoms with E-state index in [0.29, 0.717) is 10.7 Å². The summed E-state index contributed by atoms with van der Waals surface area (Å²) in [5, 5.41) is 4.22. The van der Waals surface area contributed by atoms with Crippen molar-refractivity contribution in [3.8, 4) is 5.69 Å². The number of piperazine rings is 1. The van der Waals surface area contributed by atoms with Crippen molar-refractivity contribution in [2.24, 2.45) is 0 Å². The predicted molar refractivity (Wildman–Crippen MR) is 145 cm³/mol. The summed E-state index contributed by atoms with van der Waals surface area (Å²) in [4.78, 5) is 22.5. The molecule has 0 unspecified atom stereocenters. The van der Waals surface area contributed by atoms with Crippen LogP contribution in [0, 0.1) is 0 Å². The van der Waals surface area contributed by atoms with E-state index in [2.05, 4.69) is 57.1 Å². The lowest BCUT2D eigenvalue weighted by Gasteiger charge is -2.32. The molecule has 4 aromatic rings. The molecule has 0 spiro atoms. The third-order valence-electron chi connectivity index (χ3n) is 6.23. The summed E-state index contributed by atoms with van der Waals surface area (Å²) >= 11 is 7.64. The fourth-order valence-electron chi connectivity index (χ4n) is 4.32. The van der Waals surface area contributed by atoms with E-state index in [0.717, 1.165) is 54.6 Å². The van der Waals surface area contributed by atoms with Gasteiger partial charge >= 0.3 is 0 Å². The standard InChI is InChI=1S/C27H28ClN5OS/c1-31-14-16-32(17-15-31)18-20-8-2-6-12-24(20)33-25-13-7-5-11-23(25)30-27(33)35-19-26(34)29-22-10-4-3-9-21(22)28/h2-13H,14-19H2,1H3,(H,29,34). The van der Waals surface area contributed by atoms with Crippen LogP contribution in [0.15, 0.2) is 78.0 Å². The number of nitrogens with one attached hydrogen (secondary N) is 1. The van der Waals surface area contributed by atoms with E-state index in [1.54, 1.807) is 12.1 Å². The van der Waals surface area contributed by atoms with Crippen LogP contribution in [0.3, 0.4) is 0 Å². The van der Waals surface area contributed by atoms with Gasteiger partial charge in [-0.25, -0.2) is 4.98 Å². The lowest BCUT2D eigenvalue weighted by Crippen LogP contribution is -2.44. The van der Waals surface area contributed by atoms with Crippen LogP contribution in [0.4, 0.5) is 5.69 Å². The van der Waals surface area contributed by atoms with Gasteiger partial charge in [0.25, 0.3) is 0 Å². The van der Waals surface area contributed by atoms with Crippen molar-refractivity contribution in [2.75, 3.05) is 44.3 Å². The molecule has 3 aromatic carbocycles. The molecule has 5 rings (SSSR count). The third kappa shape index (κ3) is 5.54. The number of benzene rings is 3. The Morgan fingerprint density at radius 2 is 1.69 bits per heavy atom. The van der Waals surface area contributed by atoms with Gasteiger partial charge in [-0.15, -0.1) is 0 Å². The molecule has 2 heterocycles. The Morgan fingerprint density at radius 3 is 2.51 bits per heavy atom. The van der Waals surface area contributed by atoms with Gasteiger partial charge in [0.1, 0.15) is 0 Å². The molecule has 0 saturated carbocycles. The lowest BCUT2D eigenvalue weighted by atomic mass is 10.1. The topological polar surface area (TPSA) is 53.4 Å². The van der Waals surface area contributed by atoms with E-state index in [-0.39, 0.29) is 11.7 Å². The highest BCUT2D eigenvalue weighted by Crippen LogP contribution is 2.30. The first-order valence-corrected chi connectivity index (χ1v) is 13.1. The fourth-order valence-corrected chi connectivity index (χ4v) is 5.33. The Kier molecular flexibility index (Phi) is 7.39. The summed E-state index contributed by atoms with van der Waals surface area (Å²) in [5.41, 5.74) is 4.92. The molecule has 0 radical (unpaired) electrons. The first kappa shape index (κ1) is 23.9. The van der Waals surface area contributed by atoms with Crippen LogP contribution < -0.4 is 5.32 Å². The number of hydrogen-bond donors (Lipinski definition) is 1. The largest absolute Gasteiger partial charge is 0.324 e. The fraction of sp³-hybridized carbons (Fsp3) is 0.259. The van der Waals surface area contributed by atoms with Crippen LogP contribution >= 0.6 is 23.4 Å². The summed E-state index contributed by atoms with van der Waals surface area (Å²) in [7, 11) is 2.17. The zero-order chi connectivity index (χ0) is 24.2. The molecule has 1 N–H and O–H groups in total. The van der Waals surface area contributed by atoms with Gasteiger partial charge in [0.15, 0.2) is 5.16 Å². The Hall–Kier alpha value is -2.84. The molecule has 1 aliphatic rings. The van der Waals surface area contributed by atoms with Crippen molar-refractivity contribution in [3.63, 3.8) is 0 Å². The number of likely N-dealkylation sites (N-methyl/N-ethyl adjacent to an activating group) is 1. The van der Waals surface area contributed by atoms with Crippen molar-refractivity contribution in [2.45, 2.75) is 11.7 Å². The van der Waals surface area contributed by atoms with Crippen molar-refractivity contribution in [1.82, 2.24) is 19.4 Å². The SMILES string of the molecule is CN1CCN(Cc2ccccc2-n2c(SCC(=O)Nc3ccccc3Cl)nc3ccccc32)CC1. The molecule has 0 aliphatic carbocycles. The first-order valence-electron chi connectivity index (χ1n) is 11.7. The van der Waals surface area contributed by atoms with Gasteiger partial charge in [0.2, 0.25) is 5.91 Å². The van der Waals surface area contributed by atoms with Gasteiger partial charge in [-0.1, -0.05) is 65.8 Å². The molecule has 8 heteroatoms. The number of anilines is 1. The highest BCUT2D eigenvalue weighted by molar-refractivity contribution is 7.99. The lowest BCUT2D eigenvalue weighted by molar-refractivity contribution is -0.113. The summed E-state index contributed by atoms with van der Waals surface area (Å²) in [6.07, 6.45) is 0.